The number of aromatic nitrogens is 1. The van der Waals surface area contributed by atoms with Crippen molar-refractivity contribution in [3.05, 3.63) is 36.0 Å². The number of benzene rings is 1. The van der Waals surface area contributed by atoms with Gasteiger partial charge in [-0.15, -0.1) is 0 Å². The van der Waals surface area contributed by atoms with Gasteiger partial charge in [0.2, 0.25) is 0 Å². The summed E-state index contributed by atoms with van der Waals surface area (Å²) in [6.45, 7) is 3.64. The second-order valence-electron chi connectivity index (χ2n) is 3.92. The number of rotatable bonds is 4. The van der Waals surface area contributed by atoms with Crippen LogP contribution in [0, 0.1) is 0 Å². The van der Waals surface area contributed by atoms with Crippen LogP contribution >= 0.6 is 0 Å². The van der Waals surface area contributed by atoms with Crippen LogP contribution < -0.4 is 11.1 Å². The molecule has 0 bridgehead atoms. The Morgan fingerprint density at radius 2 is 2.27 bits per heavy atom. The highest BCUT2D eigenvalue weighted by atomic mass is 14.9. The maximum atomic E-state index is 5.54. The van der Waals surface area contributed by atoms with Gasteiger partial charge < -0.3 is 16.0 Å². The summed E-state index contributed by atoms with van der Waals surface area (Å²) in [7, 11) is 0. The quantitative estimate of drug-likeness (QED) is 0.707. The highest BCUT2D eigenvalue weighted by molar-refractivity contribution is 5.79. The second kappa shape index (κ2) is 4.47. The molecule has 3 nitrogen and oxygen atoms in total. The number of hydrogen-bond donors (Lipinski definition) is 3. The van der Waals surface area contributed by atoms with Crippen LogP contribution in [-0.2, 0) is 6.54 Å². The van der Waals surface area contributed by atoms with Gasteiger partial charge in [-0.05, 0) is 36.1 Å². The van der Waals surface area contributed by atoms with Gasteiger partial charge in [-0.3, -0.25) is 0 Å². The van der Waals surface area contributed by atoms with E-state index in [0.717, 1.165) is 6.54 Å². The minimum atomic E-state index is 0.368. The standard InChI is InChI=1S/C12H17N3/c1-9(7-13)15-8-10-2-3-12-11(6-10)4-5-14-12/h2-6,9,14-15H,7-8,13H2,1H3. The van der Waals surface area contributed by atoms with Crippen molar-refractivity contribution in [3.8, 4) is 0 Å². The molecule has 15 heavy (non-hydrogen) atoms. The first kappa shape index (κ1) is 10.2. The molecule has 4 N–H and O–H groups in total. The normalized spacial score (nSPS) is 13.2. The molecule has 1 aromatic heterocycles. The maximum absolute atomic E-state index is 5.54. The Kier molecular flexibility index (Phi) is 3.04. The largest absolute Gasteiger partial charge is 0.361 e. The van der Waals surface area contributed by atoms with Gasteiger partial charge in [0.15, 0.2) is 0 Å². The van der Waals surface area contributed by atoms with E-state index in [1.807, 2.05) is 6.20 Å². The van der Waals surface area contributed by atoms with Crippen molar-refractivity contribution in [1.82, 2.24) is 10.3 Å². The zero-order chi connectivity index (χ0) is 10.7. The average Bonchev–Trinajstić information content (AvgIpc) is 2.72. The number of hydrogen-bond acceptors (Lipinski definition) is 2. The van der Waals surface area contributed by atoms with E-state index in [1.165, 1.54) is 16.5 Å². The highest BCUT2D eigenvalue weighted by Gasteiger charge is 2.00. The van der Waals surface area contributed by atoms with E-state index in [-0.39, 0.29) is 0 Å². The van der Waals surface area contributed by atoms with Gasteiger partial charge in [0, 0.05) is 30.8 Å². The molecule has 0 saturated heterocycles. The summed E-state index contributed by atoms with van der Waals surface area (Å²) in [5.74, 6) is 0. The van der Waals surface area contributed by atoms with Crippen LogP contribution in [0.5, 0.6) is 0 Å². The molecule has 2 rings (SSSR count). The number of nitrogens with one attached hydrogen (secondary N) is 2. The predicted octanol–water partition coefficient (Wildman–Crippen LogP) is 1.60. The molecule has 0 saturated carbocycles. The van der Waals surface area contributed by atoms with Crippen LogP contribution in [0.4, 0.5) is 0 Å². The lowest BCUT2D eigenvalue weighted by Crippen LogP contribution is -2.32. The molecule has 2 aromatic rings. The number of fused-ring (bicyclic) bond motifs is 1. The molecular weight excluding hydrogens is 186 g/mol. The molecule has 1 aromatic carbocycles. The summed E-state index contributed by atoms with van der Waals surface area (Å²) in [6.07, 6.45) is 1.96. The summed E-state index contributed by atoms with van der Waals surface area (Å²) in [6, 6.07) is 8.90. The van der Waals surface area contributed by atoms with Crippen LogP contribution in [0.3, 0.4) is 0 Å². The van der Waals surface area contributed by atoms with Crippen molar-refractivity contribution in [3.63, 3.8) is 0 Å². The summed E-state index contributed by atoms with van der Waals surface area (Å²) in [4.78, 5) is 3.18. The molecular formula is C12H17N3. The first-order valence-corrected chi connectivity index (χ1v) is 5.29. The fourth-order valence-corrected chi connectivity index (χ4v) is 1.59. The molecule has 1 atom stereocenters. The van der Waals surface area contributed by atoms with E-state index in [4.69, 9.17) is 5.73 Å². The van der Waals surface area contributed by atoms with E-state index >= 15 is 0 Å². The monoisotopic (exact) mass is 203 g/mol. The molecule has 80 valence electrons. The summed E-state index contributed by atoms with van der Waals surface area (Å²) in [5, 5.41) is 4.63. The third-order valence-electron chi connectivity index (χ3n) is 2.63. The SMILES string of the molecule is CC(CN)NCc1ccc2[nH]ccc2c1. The summed E-state index contributed by atoms with van der Waals surface area (Å²) in [5.41, 5.74) is 8.02. The molecule has 1 heterocycles. The third-order valence-corrected chi connectivity index (χ3v) is 2.63. The van der Waals surface area contributed by atoms with Crippen molar-refractivity contribution in [2.45, 2.75) is 19.5 Å². The number of aromatic amines is 1. The van der Waals surface area contributed by atoms with E-state index in [2.05, 4.69) is 41.5 Å². The molecule has 0 fully saturated rings. The van der Waals surface area contributed by atoms with E-state index in [0.29, 0.717) is 12.6 Å². The van der Waals surface area contributed by atoms with Gasteiger partial charge in [-0.25, -0.2) is 0 Å². The molecule has 0 amide bonds. The van der Waals surface area contributed by atoms with Crippen molar-refractivity contribution in [2.24, 2.45) is 5.73 Å². The van der Waals surface area contributed by atoms with E-state index < -0.39 is 0 Å². The van der Waals surface area contributed by atoms with Crippen molar-refractivity contribution in [2.75, 3.05) is 6.54 Å². The Bertz CT molecular complexity index is 433. The van der Waals surface area contributed by atoms with Crippen molar-refractivity contribution >= 4 is 10.9 Å². The van der Waals surface area contributed by atoms with Crippen molar-refractivity contribution < 1.29 is 0 Å². The Morgan fingerprint density at radius 1 is 1.40 bits per heavy atom. The van der Waals surface area contributed by atoms with E-state index in [9.17, 15) is 0 Å². The minimum absolute atomic E-state index is 0.368. The van der Waals surface area contributed by atoms with Gasteiger partial charge in [-0.2, -0.15) is 0 Å². The van der Waals surface area contributed by atoms with Crippen LogP contribution in [0.2, 0.25) is 0 Å². The summed E-state index contributed by atoms with van der Waals surface area (Å²) >= 11 is 0. The van der Waals surface area contributed by atoms with E-state index in [1.54, 1.807) is 0 Å². The molecule has 0 spiro atoms. The lowest BCUT2D eigenvalue weighted by atomic mass is 10.1. The fourth-order valence-electron chi connectivity index (χ4n) is 1.59. The average molecular weight is 203 g/mol. The Labute approximate surface area is 89.7 Å². The molecule has 1 unspecified atom stereocenters. The smallest absolute Gasteiger partial charge is 0.0454 e. The zero-order valence-electron chi connectivity index (χ0n) is 8.96. The lowest BCUT2D eigenvalue weighted by molar-refractivity contribution is 0.556. The van der Waals surface area contributed by atoms with Gasteiger partial charge in [-0.1, -0.05) is 6.07 Å². The topological polar surface area (TPSA) is 53.8 Å². The Balaban J connectivity index is 2.08. The van der Waals surface area contributed by atoms with Gasteiger partial charge >= 0.3 is 0 Å². The zero-order valence-corrected chi connectivity index (χ0v) is 8.96. The predicted molar refractivity (Wildman–Crippen MR) is 63.7 cm³/mol. The first-order chi connectivity index (χ1) is 7.29. The van der Waals surface area contributed by atoms with Crippen LogP contribution in [0.15, 0.2) is 30.5 Å². The molecule has 0 aliphatic rings. The van der Waals surface area contributed by atoms with Crippen LogP contribution in [-0.4, -0.2) is 17.6 Å². The van der Waals surface area contributed by atoms with Crippen molar-refractivity contribution in [1.29, 1.82) is 0 Å². The third kappa shape index (κ3) is 2.37. The van der Waals surface area contributed by atoms with Gasteiger partial charge in [0.25, 0.3) is 0 Å². The minimum Gasteiger partial charge on any atom is -0.361 e. The van der Waals surface area contributed by atoms with Gasteiger partial charge in [0.1, 0.15) is 0 Å². The molecule has 0 aliphatic carbocycles. The van der Waals surface area contributed by atoms with Crippen LogP contribution in [0.25, 0.3) is 10.9 Å². The van der Waals surface area contributed by atoms with Gasteiger partial charge in [0.05, 0.1) is 0 Å². The fraction of sp³-hybridized carbons (Fsp3) is 0.333. The number of nitrogens with two attached hydrogens (primary N) is 1. The Hall–Kier alpha value is -1.32. The molecule has 0 radical (unpaired) electrons. The molecule has 0 aliphatic heterocycles. The highest BCUT2D eigenvalue weighted by Crippen LogP contribution is 2.14. The lowest BCUT2D eigenvalue weighted by Gasteiger charge is -2.10. The second-order valence-corrected chi connectivity index (χ2v) is 3.92. The summed E-state index contributed by atoms with van der Waals surface area (Å²) < 4.78 is 0. The Morgan fingerprint density at radius 3 is 3.07 bits per heavy atom. The first-order valence-electron chi connectivity index (χ1n) is 5.29. The van der Waals surface area contributed by atoms with Crippen LogP contribution in [0.1, 0.15) is 12.5 Å². The molecule has 3 heteroatoms. The number of H-pyrrole nitrogens is 1. The maximum Gasteiger partial charge on any atom is 0.0454 e.